The molecular weight excluding hydrogens is 594 g/mol. The minimum atomic E-state index is -4.05. The third-order valence-corrected chi connectivity index (χ3v) is 11.5. The summed E-state index contributed by atoms with van der Waals surface area (Å²) in [6, 6.07) is 11.5. The fourth-order valence-electron chi connectivity index (χ4n) is 4.45. The van der Waals surface area contributed by atoms with Crippen molar-refractivity contribution in [3.8, 4) is 5.75 Å². The van der Waals surface area contributed by atoms with Crippen LogP contribution in [-0.4, -0.2) is 75.9 Å². The summed E-state index contributed by atoms with van der Waals surface area (Å²) in [5.41, 5.74) is 0.541. The number of carbonyl (C=O) groups is 1. The van der Waals surface area contributed by atoms with Gasteiger partial charge in [0.05, 0.1) is 30.5 Å². The highest BCUT2D eigenvalue weighted by Crippen LogP contribution is 2.31. The number of halogens is 1. The summed E-state index contributed by atoms with van der Waals surface area (Å²) in [6.07, 6.45) is -0.830. The summed E-state index contributed by atoms with van der Waals surface area (Å²) >= 11 is 1.11. The van der Waals surface area contributed by atoms with Gasteiger partial charge in [0.15, 0.2) is 0 Å². The molecule has 0 unspecified atom stereocenters. The molecule has 2 N–H and O–H groups in total. The number of amides is 1. The van der Waals surface area contributed by atoms with Crippen LogP contribution in [0.2, 0.25) is 0 Å². The van der Waals surface area contributed by atoms with E-state index >= 15 is 0 Å². The number of carbonyl (C=O) groups excluding carboxylic acids is 1. The second kappa shape index (κ2) is 12.4. The molecule has 222 valence electrons. The number of thiophene rings is 1. The molecule has 0 fully saturated rings. The summed E-state index contributed by atoms with van der Waals surface area (Å²) in [5, 5.41) is 11.5. The minimum Gasteiger partial charge on any atom is -0.488 e. The number of benzene rings is 2. The zero-order valence-corrected chi connectivity index (χ0v) is 25.2. The number of sulfonamides is 2. The Bertz CT molecular complexity index is 1580. The minimum absolute atomic E-state index is 0.0185. The monoisotopic (exact) mass is 625 g/mol. The Labute approximate surface area is 243 Å². The van der Waals surface area contributed by atoms with Crippen LogP contribution in [0.4, 0.5) is 10.1 Å². The van der Waals surface area contributed by atoms with Crippen LogP contribution in [0.25, 0.3) is 0 Å². The van der Waals surface area contributed by atoms with E-state index in [1.165, 1.54) is 40.5 Å². The number of likely N-dealkylation sites (N-methyl/N-ethyl adjacent to an activating group) is 1. The lowest BCUT2D eigenvalue weighted by Crippen LogP contribution is -2.48. The van der Waals surface area contributed by atoms with Crippen molar-refractivity contribution < 1.29 is 35.9 Å². The first kappa shape index (κ1) is 30.9. The Balaban J connectivity index is 1.68. The maximum atomic E-state index is 13.4. The second-order valence-electron chi connectivity index (χ2n) is 9.99. The zero-order chi connectivity index (χ0) is 29.9. The zero-order valence-electron chi connectivity index (χ0n) is 22.7. The van der Waals surface area contributed by atoms with E-state index in [2.05, 4.69) is 4.72 Å². The molecule has 2 aromatic carbocycles. The van der Waals surface area contributed by atoms with Crippen molar-refractivity contribution in [3.05, 3.63) is 71.4 Å². The fraction of sp³-hybridized carbons (Fsp3) is 0.370. The van der Waals surface area contributed by atoms with E-state index in [1.807, 2.05) is 6.92 Å². The largest absolute Gasteiger partial charge is 0.488 e. The molecule has 14 heteroatoms. The van der Waals surface area contributed by atoms with Crippen LogP contribution in [0.1, 0.15) is 19.4 Å². The smallest absolute Gasteiger partial charge is 0.261 e. The highest BCUT2D eigenvalue weighted by atomic mass is 32.2. The number of hydrogen-bond acceptors (Lipinski definition) is 8. The van der Waals surface area contributed by atoms with Crippen molar-refractivity contribution in [1.29, 1.82) is 0 Å². The number of rotatable bonds is 9. The molecule has 0 radical (unpaired) electrons. The third kappa shape index (κ3) is 7.07. The molecule has 1 amide bonds. The number of hydrogen-bond donors (Lipinski definition) is 2. The van der Waals surface area contributed by atoms with Crippen LogP contribution in [-0.2, 0) is 31.3 Å². The lowest BCUT2D eigenvalue weighted by Gasteiger charge is -2.33. The number of nitrogens with one attached hydrogen (secondary N) is 1. The predicted octanol–water partition coefficient (Wildman–Crippen LogP) is 3.16. The van der Waals surface area contributed by atoms with E-state index in [-0.39, 0.29) is 52.7 Å². The molecule has 0 bridgehead atoms. The molecule has 1 aliphatic heterocycles. The first-order valence-electron chi connectivity index (χ1n) is 12.8. The first-order valence-corrected chi connectivity index (χ1v) is 16.6. The van der Waals surface area contributed by atoms with Crippen LogP contribution >= 0.6 is 11.3 Å². The molecule has 3 aromatic rings. The van der Waals surface area contributed by atoms with Gasteiger partial charge >= 0.3 is 0 Å². The number of aliphatic hydroxyl groups is 1. The van der Waals surface area contributed by atoms with Crippen LogP contribution in [0.5, 0.6) is 5.75 Å². The Hall–Kier alpha value is -3.04. The average Bonchev–Trinajstić information content (AvgIpc) is 3.48. The quantitative estimate of drug-likeness (QED) is 0.373. The van der Waals surface area contributed by atoms with Gasteiger partial charge in [-0.2, -0.15) is 4.31 Å². The average molecular weight is 626 g/mol. The maximum absolute atomic E-state index is 13.4. The fourth-order valence-corrected chi connectivity index (χ4v) is 7.89. The molecule has 2 heterocycles. The van der Waals surface area contributed by atoms with E-state index in [9.17, 15) is 31.1 Å². The molecule has 4 rings (SSSR count). The van der Waals surface area contributed by atoms with Crippen molar-refractivity contribution in [2.24, 2.45) is 5.92 Å². The molecule has 41 heavy (non-hydrogen) atoms. The van der Waals surface area contributed by atoms with Gasteiger partial charge in [-0.3, -0.25) is 9.52 Å². The number of nitrogens with zero attached hydrogens (tertiary/aromatic N) is 2. The van der Waals surface area contributed by atoms with Crippen molar-refractivity contribution in [2.75, 3.05) is 31.5 Å². The molecule has 3 atom stereocenters. The Morgan fingerprint density at radius 3 is 2.51 bits per heavy atom. The van der Waals surface area contributed by atoms with Gasteiger partial charge in [0.2, 0.25) is 5.91 Å². The van der Waals surface area contributed by atoms with Gasteiger partial charge in [-0.25, -0.2) is 21.2 Å². The SMILES string of the molecule is C[C@H]1CN([C@@H](C)CO)C(=O)Cc2cc(NS(=O)(=O)c3ccc(F)cc3)ccc2O[C@@H]1CN(C)S(=O)(=O)c1cccs1. The molecule has 1 aliphatic rings. The summed E-state index contributed by atoms with van der Waals surface area (Å²) in [5.74, 6) is -0.907. The van der Waals surface area contributed by atoms with Crippen molar-refractivity contribution in [1.82, 2.24) is 9.21 Å². The third-order valence-electron chi connectivity index (χ3n) is 6.89. The van der Waals surface area contributed by atoms with Crippen LogP contribution in [0, 0.1) is 11.7 Å². The van der Waals surface area contributed by atoms with E-state index in [1.54, 1.807) is 18.4 Å². The normalized spacial score (nSPS) is 19.1. The van der Waals surface area contributed by atoms with Crippen LogP contribution in [0.3, 0.4) is 0 Å². The van der Waals surface area contributed by atoms with E-state index in [0.29, 0.717) is 11.3 Å². The summed E-state index contributed by atoms with van der Waals surface area (Å²) in [6.45, 7) is 3.46. The maximum Gasteiger partial charge on any atom is 0.261 e. The van der Waals surface area contributed by atoms with E-state index in [0.717, 1.165) is 35.6 Å². The van der Waals surface area contributed by atoms with Gasteiger partial charge in [-0.15, -0.1) is 11.3 Å². The van der Waals surface area contributed by atoms with Gasteiger partial charge in [0.1, 0.15) is 21.9 Å². The lowest BCUT2D eigenvalue weighted by molar-refractivity contribution is -0.134. The Morgan fingerprint density at radius 2 is 1.88 bits per heavy atom. The van der Waals surface area contributed by atoms with Crippen LogP contribution in [0.15, 0.2) is 69.1 Å². The summed E-state index contributed by atoms with van der Waals surface area (Å²) in [7, 11) is -6.37. The van der Waals surface area contributed by atoms with Crippen LogP contribution < -0.4 is 9.46 Å². The summed E-state index contributed by atoms with van der Waals surface area (Å²) in [4.78, 5) is 14.8. The van der Waals surface area contributed by atoms with Crippen molar-refractivity contribution in [2.45, 2.75) is 41.5 Å². The Kier molecular flexibility index (Phi) is 9.39. The number of anilines is 1. The van der Waals surface area contributed by atoms with E-state index in [4.69, 9.17) is 4.74 Å². The predicted molar refractivity (Wildman–Crippen MR) is 153 cm³/mol. The molecule has 1 aromatic heterocycles. The molecule has 0 saturated heterocycles. The van der Waals surface area contributed by atoms with Crippen molar-refractivity contribution >= 4 is 43.0 Å². The number of ether oxygens (including phenoxy) is 1. The number of fused-ring (bicyclic) bond motifs is 1. The highest BCUT2D eigenvalue weighted by Gasteiger charge is 2.34. The van der Waals surface area contributed by atoms with Gasteiger partial charge in [0, 0.05) is 30.8 Å². The second-order valence-corrected chi connectivity index (χ2v) is 14.9. The van der Waals surface area contributed by atoms with Gasteiger partial charge < -0.3 is 14.7 Å². The standard InChI is InChI=1S/C27H32FN3O7S3/c1-18-15-31(19(2)17-32)26(33)14-20-13-22(29-40(34,35)23-9-6-21(28)7-10-23)8-11-24(20)38-25(18)16-30(3)41(36,37)27-5-4-12-39-27/h4-13,18-19,25,29,32H,14-17H2,1-3H3/t18-,19-,25+/m0/s1. The van der Waals surface area contributed by atoms with Gasteiger partial charge in [-0.1, -0.05) is 13.0 Å². The van der Waals surface area contributed by atoms with E-state index < -0.39 is 38.0 Å². The van der Waals surface area contributed by atoms with Gasteiger partial charge in [-0.05, 0) is 60.8 Å². The highest BCUT2D eigenvalue weighted by molar-refractivity contribution is 7.92. The van der Waals surface area contributed by atoms with Crippen molar-refractivity contribution in [3.63, 3.8) is 0 Å². The lowest BCUT2D eigenvalue weighted by atomic mass is 10.0. The molecule has 10 nitrogen and oxygen atoms in total. The molecular formula is C27H32FN3O7S3. The molecule has 0 saturated carbocycles. The first-order chi connectivity index (χ1) is 19.3. The number of aliphatic hydroxyl groups excluding tert-OH is 1. The molecule has 0 aliphatic carbocycles. The Morgan fingerprint density at radius 1 is 1.17 bits per heavy atom. The topological polar surface area (TPSA) is 133 Å². The molecule has 0 spiro atoms. The summed E-state index contributed by atoms with van der Waals surface area (Å²) < 4.78 is 75.5. The van der Waals surface area contributed by atoms with Gasteiger partial charge in [0.25, 0.3) is 20.0 Å².